The van der Waals surface area contributed by atoms with Gasteiger partial charge in [-0.2, -0.15) is 0 Å². The number of para-hydroxylation sites is 1. The summed E-state index contributed by atoms with van der Waals surface area (Å²) in [5.74, 6) is 0.836. The van der Waals surface area contributed by atoms with Crippen molar-refractivity contribution in [2.24, 2.45) is 0 Å². The van der Waals surface area contributed by atoms with E-state index in [2.05, 4.69) is 15.9 Å². The number of carbonyl (C=O) groups excluding carboxylic acids is 1. The number of nitro groups is 1. The normalized spacial score (nSPS) is 14.5. The molecule has 0 aliphatic carbocycles. The van der Waals surface area contributed by atoms with Crippen LogP contribution in [0.5, 0.6) is 11.5 Å². The van der Waals surface area contributed by atoms with E-state index in [1.54, 1.807) is 30.3 Å². The van der Waals surface area contributed by atoms with E-state index in [9.17, 15) is 14.9 Å². The quantitative estimate of drug-likeness (QED) is 0.128. The van der Waals surface area contributed by atoms with Gasteiger partial charge in [-0.15, -0.1) is 0 Å². The van der Waals surface area contributed by atoms with E-state index in [-0.39, 0.29) is 18.2 Å². The number of benzene rings is 3. The van der Waals surface area contributed by atoms with Crippen molar-refractivity contribution < 1.29 is 19.2 Å². The molecular weight excluding hydrogens is 552 g/mol. The number of anilines is 1. The minimum absolute atomic E-state index is 0.0218. The first-order valence-corrected chi connectivity index (χ1v) is 12.5. The van der Waals surface area contributed by atoms with Crippen LogP contribution in [0.25, 0.3) is 6.08 Å². The number of thiocarbonyl (C=S) groups is 1. The Morgan fingerprint density at radius 3 is 2.43 bits per heavy atom. The molecule has 0 saturated carbocycles. The van der Waals surface area contributed by atoms with Crippen LogP contribution in [0.4, 0.5) is 11.4 Å². The van der Waals surface area contributed by atoms with Gasteiger partial charge in [0.15, 0.2) is 15.8 Å². The lowest BCUT2D eigenvalue weighted by atomic mass is 10.1. The summed E-state index contributed by atoms with van der Waals surface area (Å²) >= 11 is 10.3. The number of amides is 1. The summed E-state index contributed by atoms with van der Waals surface area (Å²) in [5.41, 5.74) is 2.27. The molecule has 3 aromatic rings. The number of hydrogen-bond acceptors (Lipinski definition) is 7. The van der Waals surface area contributed by atoms with Crippen LogP contribution in [0.1, 0.15) is 18.1 Å². The van der Waals surface area contributed by atoms with E-state index in [0.717, 1.165) is 16.8 Å². The summed E-state index contributed by atoms with van der Waals surface area (Å²) in [7, 11) is 0. The molecule has 1 aliphatic rings. The molecule has 0 unspecified atom stereocenters. The molecule has 10 heteroatoms. The first kappa shape index (κ1) is 24.9. The van der Waals surface area contributed by atoms with E-state index < -0.39 is 4.92 Å². The lowest BCUT2D eigenvalue weighted by Gasteiger charge is -2.15. The zero-order valence-corrected chi connectivity index (χ0v) is 21.7. The number of nitro benzene ring substituents is 1. The molecular formula is C25H19BrN2O5S2. The second-order valence-corrected chi connectivity index (χ2v) is 9.85. The number of ether oxygens (including phenoxy) is 2. The van der Waals surface area contributed by atoms with Crippen LogP contribution in [0.2, 0.25) is 0 Å². The van der Waals surface area contributed by atoms with Crippen LogP contribution in [0.15, 0.2) is 76.1 Å². The van der Waals surface area contributed by atoms with Crippen molar-refractivity contribution >= 4 is 67.6 Å². The van der Waals surface area contributed by atoms with Gasteiger partial charge in [0.2, 0.25) is 0 Å². The number of rotatable bonds is 8. The van der Waals surface area contributed by atoms with Crippen molar-refractivity contribution in [3.05, 3.63) is 97.3 Å². The molecule has 3 aromatic carbocycles. The lowest BCUT2D eigenvalue weighted by Crippen LogP contribution is -2.27. The number of halogens is 1. The van der Waals surface area contributed by atoms with E-state index >= 15 is 0 Å². The molecule has 35 heavy (non-hydrogen) atoms. The van der Waals surface area contributed by atoms with Gasteiger partial charge in [-0.25, -0.2) is 0 Å². The Labute approximate surface area is 220 Å². The van der Waals surface area contributed by atoms with Crippen molar-refractivity contribution in [2.75, 3.05) is 11.5 Å². The summed E-state index contributed by atoms with van der Waals surface area (Å²) < 4.78 is 12.9. The van der Waals surface area contributed by atoms with Crippen LogP contribution in [0, 0.1) is 10.1 Å². The Morgan fingerprint density at radius 2 is 1.77 bits per heavy atom. The minimum Gasteiger partial charge on any atom is -0.490 e. The smallest absolute Gasteiger partial charge is 0.270 e. The number of carbonyl (C=O) groups is 1. The zero-order valence-electron chi connectivity index (χ0n) is 18.5. The molecule has 4 rings (SSSR count). The number of thioether (sulfide) groups is 1. The highest BCUT2D eigenvalue weighted by atomic mass is 79.9. The molecule has 1 amide bonds. The lowest BCUT2D eigenvalue weighted by molar-refractivity contribution is -0.384. The molecule has 1 fully saturated rings. The summed E-state index contributed by atoms with van der Waals surface area (Å²) in [6.07, 6.45) is 1.77. The van der Waals surface area contributed by atoms with Crippen molar-refractivity contribution in [1.29, 1.82) is 0 Å². The molecule has 1 saturated heterocycles. The summed E-state index contributed by atoms with van der Waals surface area (Å²) in [6.45, 7) is 2.50. The highest BCUT2D eigenvalue weighted by Gasteiger charge is 2.33. The van der Waals surface area contributed by atoms with Gasteiger partial charge in [0.1, 0.15) is 6.61 Å². The Hall–Kier alpha value is -3.21. The molecule has 0 bridgehead atoms. The topological polar surface area (TPSA) is 81.9 Å². The van der Waals surface area contributed by atoms with E-state index in [4.69, 9.17) is 21.7 Å². The van der Waals surface area contributed by atoms with Gasteiger partial charge in [-0.3, -0.25) is 19.8 Å². The van der Waals surface area contributed by atoms with Crippen LogP contribution < -0.4 is 14.4 Å². The molecule has 0 radical (unpaired) electrons. The molecule has 7 nitrogen and oxygen atoms in total. The average Bonchev–Trinajstić information content (AvgIpc) is 3.13. The Morgan fingerprint density at radius 1 is 1.09 bits per heavy atom. The van der Waals surface area contributed by atoms with Crippen LogP contribution >= 0.6 is 39.9 Å². The van der Waals surface area contributed by atoms with Crippen LogP contribution in [0.3, 0.4) is 0 Å². The van der Waals surface area contributed by atoms with Crippen molar-refractivity contribution in [3.63, 3.8) is 0 Å². The molecule has 0 atom stereocenters. The van der Waals surface area contributed by atoms with Gasteiger partial charge in [-0.05, 0) is 60.5 Å². The van der Waals surface area contributed by atoms with Gasteiger partial charge in [-0.1, -0.05) is 58.1 Å². The van der Waals surface area contributed by atoms with Crippen molar-refractivity contribution in [3.8, 4) is 11.5 Å². The molecule has 0 N–H and O–H groups in total. The first-order valence-electron chi connectivity index (χ1n) is 10.5. The second-order valence-electron chi connectivity index (χ2n) is 7.32. The highest BCUT2D eigenvalue weighted by molar-refractivity contribution is 9.10. The van der Waals surface area contributed by atoms with Gasteiger partial charge >= 0.3 is 0 Å². The Bertz CT molecular complexity index is 1310. The summed E-state index contributed by atoms with van der Waals surface area (Å²) in [6, 6.07) is 19.0. The maximum Gasteiger partial charge on any atom is 0.270 e. The van der Waals surface area contributed by atoms with Crippen molar-refractivity contribution in [1.82, 2.24) is 0 Å². The SMILES string of the molecule is CCOc1cc(/C=C2/SC(=S)N(c3ccccc3)C2=O)c(Br)cc1OCc1ccc([N+](=O)[O-])cc1. The van der Waals surface area contributed by atoms with E-state index in [1.165, 1.54) is 28.8 Å². The third-order valence-corrected chi connectivity index (χ3v) is 6.99. The molecule has 0 aromatic heterocycles. The predicted molar refractivity (Wildman–Crippen MR) is 145 cm³/mol. The first-order chi connectivity index (χ1) is 16.9. The second kappa shape index (κ2) is 11.0. The summed E-state index contributed by atoms with van der Waals surface area (Å²) in [5, 5.41) is 10.8. The maximum atomic E-state index is 13.1. The molecule has 0 spiro atoms. The van der Waals surface area contributed by atoms with Gasteiger partial charge in [0, 0.05) is 16.6 Å². The Balaban J connectivity index is 1.57. The van der Waals surface area contributed by atoms with Gasteiger partial charge < -0.3 is 9.47 Å². The fourth-order valence-corrected chi connectivity index (χ4v) is 5.05. The highest BCUT2D eigenvalue weighted by Crippen LogP contribution is 2.39. The fraction of sp³-hybridized carbons (Fsp3) is 0.120. The number of nitrogens with zero attached hydrogens (tertiary/aromatic N) is 2. The van der Waals surface area contributed by atoms with Gasteiger partial charge in [0.05, 0.1) is 22.1 Å². The van der Waals surface area contributed by atoms with Crippen LogP contribution in [-0.2, 0) is 11.4 Å². The molecule has 178 valence electrons. The minimum atomic E-state index is -0.443. The number of hydrogen-bond donors (Lipinski definition) is 0. The molecule has 1 aliphatic heterocycles. The largest absolute Gasteiger partial charge is 0.490 e. The van der Waals surface area contributed by atoms with E-state index in [0.29, 0.717) is 31.8 Å². The predicted octanol–water partition coefficient (Wildman–Crippen LogP) is 6.74. The van der Waals surface area contributed by atoms with Gasteiger partial charge in [0.25, 0.3) is 11.6 Å². The summed E-state index contributed by atoms with van der Waals surface area (Å²) in [4.78, 5) is 25.5. The average molecular weight is 571 g/mol. The monoisotopic (exact) mass is 570 g/mol. The van der Waals surface area contributed by atoms with Crippen molar-refractivity contribution in [2.45, 2.75) is 13.5 Å². The zero-order chi connectivity index (χ0) is 24.9. The van der Waals surface area contributed by atoms with E-state index in [1.807, 2.05) is 37.3 Å². The number of non-ortho nitro benzene ring substituents is 1. The van der Waals surface area contributed by atoms with Crippen LogP contribution in [-0.4, -0.2) is 21.8 Å². The third kappa shape index (κ3) is 5.72. The maximum absolute atomic E-state index is 13.1. The standard InChI is InChI=1S/C25H19BrN2O5S2/c1-2-32-21-12-17(13-23-24(29)27(25(34)35-23)18-6-4-3-5-7-18)20(26)14-22(21)33-15-16-8-10-19(11-9-16)28(30)31/h3-14H,2,15H2,1H3/b23-13+. The Kier molecular flexibility index (Phi) is 7.84. The molecule has 1 heterocycles. The fourth-order valence-electron chi connectivity index (χ4n) is 3.33. The third-order valence-electron chi connectivity index (χ3n) is 5.00.